The van der Waals surface area contributed by atoms with Crippen molar-refractivity contribution in [3.8, 4) is 5.69 Å². The maximum absolute atomic E-state index is 13.9. The molecule has 0 amide bonds. The molecule has 1 atom stereocenters. The van der Waals surface area contributed by atoms with Gasteiger partial charge < -0.3 is 16.8 Å². The van der Waals surface area contributed by atoms with Gasteiger partial charge in [0.15, 0.2) is 11.6 Å². The zero-order valence-corrected chi connectivity index (χ0v) is 14.9. The topological polar surface area (TPSA) is 108 Å². The molecule has 0 spiro atoms. The lowest BCUT2D eigenvalue weighted by molar-refractivity contribution is 0.626. The van der Waals surface area contributed by atoms with E-state index >= 15 is 0 Å². The van der Waals surface area contributed by atoms with Crippen LogP contribution in [0.5, 0.6) is 0 Å². The van der Waals surface area contributed by atoms with Crippen molar-refractivity contribution in [3.05, 3.63) is 66.3 Å². The normalized spacial score (nSPS) is 12.2. The average molecular weight is 381 g/mol. The van der Waals surface area contributed by atoms with E-state index in [4.69, 9.17) is 11.5 Å². The van der Waals surface area contributed by atoms with Crippen molar-refractivity contribution in [2.24, 2.45) is 0 Å². The number of imidazole rings is 1. The first-order chi connectivity index (χ1) is 13.4. The predicted octanol–water partition coefficient (Wildman–Crippen LogP) is 3.43. The molecule has 0 aliphatic rings. The summed E-state index contributed by atoms with van der Waals surface area (Å²) in [5.74, 6) is 0.346. The van der Waals surface area contributed by atoms with E-state index in [1.54, 1.807) is 22.8 Å². The smallest absolute Gasteiger partial charge is 0.155 e. The van der Waals surface area contributed by atoms with E-state index in [1.165, 1.54) is 30.6 Å². The molecule has 1 unspecified atom stereocenters. The number of hydrogen-bond acceptors (Lipinski definition) is 6. The molecule has 0 aliphatic carbocycles. The summed E-state index contributed by atoms with van der Waals surface area (Å²) in [4.78, 5) is 12.6. The van der Waals surface area contributed by atoms with E-state index in [0.717, 1.165) is 0 Å². The van der Waals surface area contributed by atoms with E-state index in [-0.39, 0.29) is 23.4 Å². The van der Waals surface area contributed by atoms with Crippen molar-refractivity contribution in [2.75, 3.05) is 16.8 Å². The second-order valence-electron chi connectivity index (χ2n) is 6.30. The predicted molar refractivity (Wildman–Crippen MR) is 104 cm³/mol. The third-order valence-electron chi connectivity index (χ3n) is 4.38. The van der Waals surface area contributed by atoms with Gasteiger partial charge in [-0.05, 0) is 43.3 Å². The van der Waals surface area contributed by atoms with Crippen LogP contribution in [0.2, 0.25) is 0 Å². The van der Waals surface area contributed by atoms with Crippen LogP contribution in [0.3, 0.4) is 0 Å². The van der Waals surface area contributed by atoms with Crippen molar-refractivity contribution in [1.29, 1.82) is 0 Å². The number of nitrogens with one attached hydrogen (secondary N) is 1. The highest BCUT2D eigenvalue weighted by Gasteiger charge is 2.20. The Labute approximate surface area is 159 Å². The SMILES string of the molecule is CC(Nc1ncnc(N)c1N)c1nc2ccc(F)cc2n1-c1ccc(F)cc1. The molecule has 0 saturated heterocycles. The van der Waals surface area contributed by atoms with Gasteiger partial charge in [0.25, 0.3) is 0 Å². The Morgan fingerprint density at radius 2 is 1.71 bits per heavy atom. The van der Waals surface area contributed by atoms with Crippen LogP contribution in [0.25, 0.3) is 16.7 Å². The maximum Gasteiger partial charge on any atom is 0.155 e. The Kier molecular flexibility index (Phi) is 4.26. The summed E-state index contributed by atoms with van der Waals surface area (Å²) in [5, 5.41) is 3.16. The minimum Gasteiger partial charge on any atom is -0.393 e. The molecule has 7 nitrogen and oxygen atoms in total. The highest BCUT2D eigenvalue weighted by atomic mass is 19.1. The van der Waals surface area contributed by atoms with Crippen LogP contribution in [0.1, 0.15) is 18.8 Å². The van der Waals surface area contributed by atoms with Crippen LogP contribution < -0.4 is 16.8 Å². The summed E-state index contributed by atoms with van der Waals surface area (Å²) in [6.45, 7) is 1.86. The first-order valence-electron chi connectivity index (χ1n) is 8.50. The number of fused-ring (bicyclic) bond motifs is 1. The van der Waals surface area contributed by atoms with Gasteiger partial charge in [-0.2, -0.15) is 0 Å². The molecule has 4 aromatic rings. The fourth-order valence-electron chi connectivity index (χ4n) is 3.01. The fraction of sp³-hybridized carbons (Fsp3) is 0.105. The Balaban J connectivity index is 1.84. The molecule has 0 fully saturated rings. The van der Waals surface area contributed by atoms with Crippen molar-refractivity contribution < 1.29 is 8.78 Å². The van der Waals surface area contributed by atoms with Crippen LogP contribution in [0, 0.1) is 11.6 Å². The Hall–Kier alpha value is -3.75. The quantitative estimate of drug-likeness (QED) is 0.500. The van der Waals surface area contributed by atoms with Gasteiger partial charge in [-0.15, -0.1) is 0 Å². The van der Waals surface area contributed by atoms with E-state index in [9.17, 15) is 8.78 Å². The molecule has 0 saturated carbocycles. The molecule has 2 aromatic heterocycles. The van der Waals surface area contributed by atoms with Crippen LogP contribution in [0.4, 0.5) is 26.1 Å². The average Bonchev–Trinajstić information content (AvgIpc) is 3.05. The lowest BCUT2D eigenvalue weighted by atomic mass is 10.2. The van der Waals surface area contributed by atoms with Crippen LogP contribution in [0.15, 0.2) is 48.8 Å². The number of nitrogens with two attached hydrogens (primary N) is 2. The molecular formula is C19H17F2N7. The number of nitrogens with zero attached hydrogens (tertiary/aromatic N) is 4. The summed E-state index contributed by atoms with van der Waals surface area (Å²) in [6, 6.07) is 9.84. The van der Waals surface area contributed by atoms with Crippen LogP contribution in [-0.4, -0.2) is 19.5 Å². The molecule has 0 bridgehead atoms. The number of hydrogen-bond donors (Lipinski definition) is 3. The molecule has 0 radical (unpaired) electrons. The van der Waals surface area contributed by atoms with Gasteiger partial charge in [-0.25, -0.2) is 23.7 Å². The Morgan fingerprint density at radius 3 is 2.46 bits per heavy atom. The summed E-state index contributed by atoms with van der Waals surface area (Å²) >= 11 is 0. The van der Waals surface area contributed by atoms with Gasteiger partial charge in [0.1, 0.15) is 29.5 Å². The van der Waals surface area contributed by atoms with Crippen molar-refractivity contribution in [3.63, 3.8) is 0 Å². The summed E-state index contributed by atoms with van der Waals surface area (Å²) in [5.41, 5.74) is 13.7. The van der Waals surface area contributed by atoms with E-state index < -0.39 is 5.82 Å². The van der Waals surface area contributed by atoms with E-state index in [1.807, 2.05) is 6.92 Å². The Bertz CT molecular complexity index is 1160. The first-order valence-corrected chi connectivity index (χ1v) is 8.50. The minimum atomic E-state index is -0.393. The van der Waals surface area contributed by atoms with Gasteiger partial charge >= 0.3 is 0 Å². The summed E-state index contributed by atoms with van der Waals surface area (Å²) in [7, 11) is 0. The number of rotatable bonds is 4. The van der Waals surface area contributed by atoms with E-state index in [0.29, 0.717) is 28.4 Å². The highest BCUT2D eigenvalue weighted by molar-refractivity contribution is 5.79. The number of aromatic nitrogens is 4. The molecule has 5 N–H and O–H groups in total. The molecule has 28 heavy (non-hydrogen) atoms. The fourth-order valence-corrected chi connectivity index (χ4v) is 3.01. The van der Waals surface area contributed by atoms with Crippen LogP contribution >= 0.6 is 0 Å². The minimum absolute atomic E-state index is 0.166. The summed E-state index contributed by atoms with van der Waals surface area (Å²) in [6.07, 6.45) is 1.30. The third kappa shape index (κ3) is 3.07. The highest BCUT2D eigenvalue weighted by Crippen LogP contribution is 2.29. The van der Waals surface area contributed by atoms with Gasteiger partial charge in [-0.3, -0.25) is 4.57 Å². The van der Waals surface area contributed by atoms with E-state index in [2.05, 4.69) is 20.3 Å². The molecule has 2 heterocycles. The lowest BCUT2D eigenvalue weighted by Gasteiger charge is -2.18. The van der Waals surface area contributed by atoms with Crippen molar-refractivity contribution in [1.82, 2.24) is 19.5 Å². The molecule has 142 valence electrons. The molecule has 9 heteroatoms. The van der Waals surface area contributed by atoms with Gasteiger partial charge in [-0.1, -0.05) is 0 Å². The zero-order valence-electron chi connectivity index (χ0n) is 14.9. The van der Waals surface area contributed by atoms with Crippen LogP contribution in [-0.2, 0) is 0 Å². The number of nitrogen functional groups attached to an aromatic ring is 2. The maximum atomic E-state index is 13.9. The third-order valence-corrected chi connectivity index (χ3v) is 4.38. The second-order valence-corrected chi connectivity index (χ2v) is 6.30. The van der Waals surface area contributed by atoms with Gasteiger partial charge in [0.2, 0.25) is 0 Å². The molecular weight excluding hydrogens is 364 g/mol. The first kappa shape index (κ1) is 17.7. The number of anilines is 3. The lowest BCUT2D eigenvalue weighted by Crippen LogP contribution is -2.15. The van der Waals surface area contributed by atoms with Gasteiger partial charge in [0, 0.05) is 11.8 Å². The monoisotopic (exact) mass is 381 g/mol. The molecule has 2 aromatic carbocycles. The van der Waals surface area contributed by atoms with Crippen molar-refractivity contribution >= 4 is 28.4 Å². The summed E-state index contributed by atoms with van der Waals surface area (Å²) < 4.78 is 29.0. The standard InChI is InChI=1S/C19H17F2N7/c1-10(26-18-16(22)17(23)24-9-25-18)19-27-14-7-4-12(21)8-15(14)28(19)13-5-2-11(20)3-6-13/h2-10H,22H2,1H3,(H3,23,24,25,26). The molecule has 4 rings (SSSR count). The largest absolute Gasteiger partial charge is 0.393 e. The number of halogens is 2. The van der Waals surface area contributed by atoms with Crippen molar-refractivity contribution in [2.45, 2.75) is 13.0 Å². The zero-order chi connectivity index (χ0) is 19.8. The second kappa shape index (κ2) is 6.76. The number of benzene rings is 2. The van der Waals surface area contributed by atoms with Gasteiger partial charge in [0.05, 0.1) is 17.1 Å². The molecule has 0 aliphatic heterocycles. The Morgan fingerprint density at radius 1 is 1.00 bits per heavy atom.